The van der Waals surface area contributed by atoms with Crippen molar-refractivity contribution in [3.63, 3.8) is 0 Å². The summed E-state index contributed by atoms with van der Waals surface area (Å²) in [6.07, 6.45) is 2.09. The Balaban J connectivity index is 1.88. The monoisotopic (exact) mass is 247 g/mol. The van der Waals surface area contributed by atoms with Gasteiger partial charge in [-0.3, -0.25) is 4.21 Å². The number of hydrogen-bond donors (Lipinski definition) is 1. The van der Waals surface area contributed by atoms with E-state index in [1.807, 2.05) is 0 Å². The summed E-state index contributed by atoms with van der Waals surface area (Å²) in [5, 5.41) is 9.56. The third kappa shape index (κ3) is 3.03. The lowest BCUT2D eigenvalue weighted by atomic mass is 9.83. The molecule has 0 radical (unpaired) electrons. The van der Waals surface area contributed by atoms with Crippen LogP contribution in [0, 0.1) is 5.41 Å². The molecule has 2 fully saturated rings. The van der Waals surface area contributed by atoms with E-state index in [-0.39, 0.29) is 12.0 Å². The van der Waals surface area contributed by atoms with Crippen LogP contribution in [0.3, 0.4) is 0 Å². The lowest BCUT2D eigenvalue weighted by Gasteiger charge is -2.40. The average molecular weight is 247 g/mol. The molecule has 0 aromatic carbocycles. The summed E-state index contributed by atoms with van der Waals surface area (Å²) in [4.78, 5) is 2.33. The highest BCUT2D eigenvalue weighted by Crippen LogP contribution is 2.29. The smallest absolute Gasteiger partial charge is 0.0556 e. The molecule has 2 heterocycles. The maximum absolute atomic E-state index is 11.3. The number of hydrogen-bond acceptors (Lipinski definition) is 4. The second-order valence-electron chi connectivity index (χ2n) is 4.94. The fourth-order valence-electron chi connectivity index (χ4n) is 2.52. The van der Waals surface area contributed by atoms with E-state index >= 15 is 0 Å². The van der Waals surface area contributed by atoms with Crippen molar-refractivity contribution in [1.29, 1.82) is 0 Å². The van der Waals surface area contributed by atoms with Crippen LogP contribution in [0.5, 0.6) is 0 Å². The zero-order valence-electron chi connectivity index (χ0n) is 9.69. The average Bonchev–Trinajstić information content (AvgIpc) is 2.33. The van der Waals surface area contributed by atoms with Gasteiger partial charge >= 0.3 is 0 Å². The Morgan fingerprint density at radius 3 is 2.69 bits per heavy atom. The van der Waals surface area contributed by atoms with Crippen molar-refractivity contribution in [3.8, 4) is 0 Å². The summed E-state index contributed by atoms with van der Waals surface area (Å²) in [5.74, 6) is 1.56. The first-order valence-corrected chi connectivity index (χ1v) is 7.49. The SMILES string of the molecule is O=S1CCN(CC2(CO)CCCOC2)CC1. The maximum Gasteiger partial charge on any atom is 0.0556 e. The van der Waals surface area contributed by atoms with Crippen LogP contribution in [0.25, 0.3) is 0 Å². The van der Waals surface area contributed by atoms with Gasteiger partial charge in [-0.2, -0.15) is 0 Å². The predicted octanol–water partition coefficient (Wildman–Crippen LogP) is -0.160. The number of nitrogens with zero attached hydrogens (tertiary/aromatic N) is 1. The van der Waals surface area contributed by atoms with Crippen LogP contribution in [-0.4, -0.2) is 65.2 Å². The Morgan fingerprint density at radius 1 is 1.38 bits per heavy atom. The third-order valence-electron chi connectivity index (χ3n) is 3.57. The van der Waals surface area contributed by atoms with Crippen molar-refractivity contribution in [2.45, 2.75) is 12.8 Å². The second kappa shape index (κ2) is 5.58. The van der Waals surface area contributed by atoms with Crippen molar-refractivity contribution in [2.75, 3.05) is 51.0 Å². The highest BCUT2D eigenvalue weighted by molar-refractivity contribution is 7.85. The minimum absolute atomic E-state index is 0.0723. The first kappa shape index (κ1) is 12.5. The fourth-order valence-corrected chi connectivity index (χ4v) is 3.65. The number of aliphatic hydroxyl groups is 1. The molecule has 4 nitrogen and oxygen atoms in total. The van der Waals surface area contributed by atoms with Crippen LogP contribution in [0.2, 0.25) is 0 Å². The number of aliphatic hydroxyl groups excluding tert-OH is 1. The minimum atomic E-state index is -0.618. The lowest BCUT2D eigenvalue weighted by molar-refractivity contribution is -0.0542. The Labute approximate surface area is 99.4 Å². The number of rotatable bonds is 3. The van der Waals surface area contributed by atoms with Gasteiger partial charge in [-0.15, -0.1) is 0 Å². The Morgan fingerprint density at radius 2 is 2.12 bits per heavy atom. The molecule has 0 bridgehead atoms. The summed E-state index contributed by atoms with van der Waals surface area (Å²) in [6.45, 7) is 4.38. The van der Waals surface area contributed by atoms with Crippen LogP contribution in [0.15, 0.2) is 0 Å². The van der Waals surface area contributed by atoms with Gasteiger partial charge in [0.05, 0.1) is 13.2 Å². The van der Waals surface area contributed by atoms with Crippen LogP contribution in [-0.2, 0) is 15.5 Å². The quantitative estimate of drug-likeness (QED) is 0.753. The Kier molecular flexibility index (Phi) is 4.35. The van der Waals surface area contributed by atoms with Crippen molar-refractivity contribution < 1.29 is 14.1 Å². The molecule has 2 saturated heterocycles. The summed E-state index contributed by atoms with van der Waals surface area (Å²) < 4.78 is 16.8. The van der Waals surface area contributed by atoms with E-state index in [0.29, 0.717) is 6.61 Å². The fraction of sp³-hybridized carbons (Fsp3) is 1.00. The molecular formula is C11H21NO3S. The molecule has 0 saturated carbocycles. The van der Waals surface area contributed by atoms with Crippen LogP contribution in [0.1, 0.15) is 12.8 Å². The van der Waals surface area contributed by atoms with E-state index in [9.17, 15) is 9.32 Å². The molecule has 0 amide bonds. The molecule has 1 atom stereocenters. The van der Waals surface area contributed by atoms with E-state index in [0.717, 1.165) is 50.6 Å². The van der Waals surface area contributed by atoms with Gasteiger partial charge in [-0.05, 0) is 12.8 Å². The first-order valence-electron chi connectivity index (χ1n) is 6.00. The predicted molar refractivity (Wildman–Crippen MR) is 63.9 cm³/mol. The zero-order chi connectivity index (χ0) is 11.4. The molecule has 0 aromatic rings. The van der Waals surface area contributed by atoms with Crippen LogP contribution < -0.4 is 0 Å². The van der Waals surface area contributed by atoms with Gasteiger partial charge in [0.2, 0.25) is 0 Å². The summed E-state index contributed by atoms with van der Waals surface area (Å²) in [5.41, 5.74) is -0.0723. The molecule has 0 spiro atoms. The molecule has 2 aliphatic heterocycles. The van der Waals surface area contributed by atoms with E-state index in [2.05, 4.69) is 4.90 Å². The van der Waals surface area contributed by atoms with Gasteiger partial charge in [0.1, 0.15) is 0 Å². The van der Waals surface area contributed by atoms with Crippen molar-refractivity contribution in [3.05, 3.63) is 0 Å². The Hall–Kier alpha value is 0.0300. The first-order chi connectivity index (χ1) is 7.74. The maximum atomic E-state index is 11.3. The van der Waals surface area contributed by atoms with Gasteiger partial charge in [-0.1, -0.05) is 0 Å². The van der Waals surface area contributed by atoms with E-state index < -0.39 is 10.8 Å². The molecule has 5 heteroatoms. The molecule has 94 valence electrons. The third-order valence-corrected chi connectivity index (χ3v) is 4.84. The van der Waals surface area contributed by atoms with Gasteiger partial charge in [0.25, 0.3) is 0 Å². The van der Waals surface area contributed by atoms with Crippen molar-refractivity contribution in [2.24, 2.45) is 5.41 Å². The molecule has 1 N–H and O–H groups in total. The van der Waals surface area contributed by atoms with E-state index in [4.69, 9.17) is 4.74 Å². The molecule has 2 aliphatic rings. The zero-order valence-corrected chi connectivity index (χ0v) is 10.5. The van der Waals surface area contributed by atoms with E-state index in [1.165, 1.54) is 0 Å². The standard InChI is InChI=1S/C11H21NO3S/c13-9-11(2-1-5-15-10-11)8-12-3-6-16(14)7-4-12/h13H,1-10H2. The highest BCUT2D eigenvalue weighted by Gasteiger charge is 2.34. The minimum Gasteiger partial charge on any atom is -0.396 e. The molecular weight excluding hydrogens is 226 g/mol. The van der Waals surface area contributed by atoms with E-state index in [1.54, 1.807) is 0 Å². The topological polar surface area (TPSA) is 49.8 Å². The molecule has 0 aromatic heterocycles. The molecule has 1 unspecified atom stereocenters. The summed E-state index contributed by atoms with van der Waals surface area (Å²) in [6, 6.07) is 0. The van der Waals surface area contributed by atoms with Crippen molar-refractivity contribution in [1.82, 2.24) is 4.90 Å². The van der Waals surface area contributed by atoms with Gasteiger partial charge in [-0.25, -0.2) is 0 Å². The molecule has 0 aliphatic carbocycles. The molecule has 2 rings (SSSR count). The number of ether oxygens (including phenoxy) is 1. The van der Waals surface area contributed by atoms with Crippen LogP contribution in [0.4, 0.5) is 0 Å². The summed E-state index contributed by atoms with van der Waals surface area (Å²) >= 11 is 0. The highest BCUT2D eigenvalue weighted by atomic mass is 32.2. The summed E-state index contributed by atoms with van der Waals surface area (Å²) in [7, 11) is -0.618. The normalized spacial score (nSPS) is 34.1. The lowest BCUT2D eigenvalue weighted by Crippen LogP contribution is -2.49. The van der Waals surface area contributed by atoms with Crippen LogP contribution >= 0.6 is 0 Å². The van der Waals surface area contributed by atoms with Crippen molar-refractivity contribution >= 4 is 10.8 Å². The molecule has 16 heavy (non-hydrogen) atoms. The van der Waals surface area contributed by atoms with Gasteiger partial charge < -0.3 is 14.7 Å². The second-order valence-corrected chi connectivity index (χ2v) is 6.63. The Bertz CT molecular complexity index is 244. The van der Waals surface area contributed by atoms with Gasteiger partial charge in [0.15, 0.2) is 0 Å². The van der Waals surface area contributed by atoms with Gasteiger partial charge in [0, 0.05) is 54.0 Å². The largest absolute Gasteiger partial charge is 0.396 e.